The molecule has 0 bridgehead atoms. The predicted octanol–water partition coefficient (Wildman–Crippen LogP) is 1.09. The maximum Gasteiger partial charge on any atom is 0.268 e. The van der Waals surface area contributed by atoms with Crippen LogP contribution in [0.2, 0.25) is 0 Å². The Morgan fingerprint density at radius 1 is 1.37 bits per heavy atom. The molecule has 19 heavy (non-hydrogen) atoms. The summed E-state index contributed by atoms with van der Waals surface area (Å²) in [6.07, 6.45) is 4.24. The number of anilines is 1. The monoisotopic (exact) mass is 264 g/mol. The van der Waals surface area contributed by atoms with Gasteiger partial charge in [0.15, 0.2) is 0 Å². The summed E-state index contributed by atoms with van der Waals surface area (Å²) in [5, 5.41) is 7.58. The van der Waals surface area contributed by atoms with Crippen LogP contribution in [0.15, 0.2) is 17.1 Å². The highest BCUT2D eigenvalue weighted by Crippen LogP contribution is 2.16. The molecule has 0 aliphatic carbocycles. The summed E-state index contributed by atoms with van der Waals surface area (Å²) in [5.41, 5.74) is 0.963. The van der Waals surface area contributed by atoms with Crippen LogP contribution in [0.1, 0.15) is 26.7 Å². The molecule has 0 spiro atoms. The largest absolute Gasteiger partial charge is 0.370 e. The summed E-state index contributed by atoms with van der Waals surface area (Å²) in [4.78, 5) is 14.2. The fourth-order valence-electron chi connectivity index (χ4n) is 2.32. The van der Waals surface area contributed by atoms with Gasteiger partial charge in [-0.15, -0.1) is 0 Å². The van der Waals surface area contributed by atoms with E-state index < -0.39 is 0 Å². The topological polar surface area (TPSA) is 50.2 Å². The van der Waals surface area contributed by atoms with Crippen molar-refractivity contribution >= 4 is 5.69 Å². The summed E-state index contributed by atoms with van der Waals surface area (Å²) in [6.45, 7) is 8.81. The minimum atomic E-state index is -0.00394. The van der Waals surface area contributed by atoms with E-state index in [9.17, 15) is 4.79 Å². The van der Waals surface area contributed by atoms with Gasteiger partial charge < -0.3 is 10.2 Å². The van der Waals surface area contributed by atoms with E-state index in [0.29, 0.717) is 12.5 Å². The summed E-state index contributed by atoms with van der Waals surface area (Å²) < 4.78 is 1.53. The third kappa shape index (κ3) is 4.06. The van der Waals surface area contributed by atoms with Gasteiger partial charge in [0, 0.05) is 25.7 Å². The van der Waals surface area contributed by atoms with Gasteiger partial charge in [-0.3, -0.25) is 4.79 Å². The van der Waals surface area contributed by atoms with Gasteiger partial charge in [-0.2, -0.15) is 5.10 Å². The zero-order valence-electron chi connectivity index (χ0n) is 11.9. The molecule has 1 fully saturated rings. The molecule has 5 nitrogen and oxygen atoms in total. The van der Waals surface area contributed by atoms with Gasteiger partial charge in [-0.25, -0.2) is 4.68 Å². The Balaban J connectivity index is 1.90. The van der Waals surface area contributed by atoms with Gasteiger partial charge in [0.2, 0.25) is 0 Å². The lowest BCUT2D eigenvalue weighted by atomic mass is 10.2. The predicted molar refractivity (Wildman–Crippen MR) is 77.7 cm³/mol. The Kier molecular flexibility index (Phi) is 4.96. The van der Waals surface area contributed by atoms with Gasteiger partial charge in [0.25, 0.3) is 5.56 Å². The molecule has 2 rings (SSSR count). The minimum Gasteiger partial charge on any atom is -0.370 e. The summed E-state index contributed by atoms with van der Waals surface area (Å²) >= 11 is 0. The molecule has 0 aromatic carbocycles. The first-order chi connectivity index (χ1) is 9.16. The molecule has 0 saturated carbocycles. The number of hydrogen-bond donors (Lipinski definition) is 1. The number of nitrogens with zero attached hydrogens (tertiary/aromatic N) is 3. The second-order valence-electron chi connectivity index (χ2n) is 5.57. The number of rotatable bonds is 6. The van der Waals surface area contributed by atoms with Gasteiger partial charge in [-0.1, -0.05) is 13.8 Å². The minimum absolute atomic E-state index is 0.00394. The number of nitrogens with one attached hydrogen (secondary N) is 1. The van der Waals surface area contributed by atoms with Crippen molar-refractivity contribution in [1.29, 1.82) is 0 Å². The Bertz CT molecular complexity index is 449. The SMILES string of the molecule is CC(C)CNCCn1ncc(N2CCCC2)cc1=O. The van der Waals surface area contributed by atoms with Crippen LogP contribution < -0.4 is 15.8 Å². The van der Waals surface area contributed by atoms with Crippen LogP contribution in [-0.4, -0.2) is 36.0 Å². The molecule has 5 heteroatoms. The second kappa shape index (κ2) is 6.70. The van der Waals surface area contributed by atoms with Crippen molar-refractivity contribution in [2.45, 2.75) is 33.2 Å². The molecule has 1 saturated heterocycles. The molecule has 106 valence electrons. The maximum atomic E-state index is 12.0. The molecule has 2 heterocycles. The average Bonchev–Trinajstić information content (AvgIpc) is 2.89. The molecule has 0 amide bonds. The molecule has 0 radical (unpaired) electrons. The zero-order valence-corrected chi connectivity index (χ0v) is 11.9. The summed E-state index contributed by atoms with van der Waals surface area (Å²) in [5.74, 6) is 0.627. The van der Waals surface area contributed by atoms with Crippen molar-refractivity contribution in [3.05, 3.63) is 22.6 Å². The Hall–Kier alpha value is -1.36. The van der Waals surface area contributed by atoms with Gasteiger partial charge in [-0.05, 0) is 25.3 Å². The van der Waals surface area contributed by atoms with Crippen LogP contribution >= 0.6 is 0 Å². The molecular formula is C14H24N4O. The van der Waals surface area contributed by atoms with Gasteiger partial charge in [0.1, 0.15) is 0 Å². The van der Waals surface area contributed by atoms with E-state index in [-0.39, 0.29) is 5.56 Å². The van der Waals surface area contributed by atoms with Crippen molar-refractivity contribution in [2.75, 3.05) is 31.1 Å². The normalized spacial score (nSPS) is 15.4. The Morgan fingerprint density at radius 3 is 2.74 bits per heavy atom. The fraction of sp³-hybridized carbons (Fsp3) is 0.714. The van der Waals surface area contributed by atoms with Crippen LogP contribution in [-0.2, 0) is 6.54 Å². The third-order valence-electron chi connectivity index (χ3n) is 3.38. The molecule has 1 N–H and O–H groups in total. The summed E-state index contributed by atoms with van der Waals surface area (Å²) in [7, 11) is 0. The highest BCUT2D eigenvalue weighted by atomic mass is 16.1. The molecular weight excluding hydrogens is 240 g/mol. The number of hydrogen-bond acceptors (Lipinski definition) is 4. The lowest BCUT2D eigenvalue weighted by Gasteiger charge is -2.17. The van der Waals surface area contributed by atoms with Crippen LogP contribution in [0, 0.1) is 5.92 Å². The van der Waals surface area contributed by atoms with E-state index in [0.717, 1.165) is 31.9 Å². The van der Waals surface area contributed by atoms with E-state index in [4.69, 9.17) is 0 Å². The first-order valence-corrected chi connectivity index (χ1v) is 7.19. The lowest BCUT2D eigenvalue weighted by Crippen LogP contribution is -2.31. The van der Waals surface area contributed by atoms with E-state index in [1.807, 2.05) is 6.20 Å². The average molecular weight is 264 g/mol. The van der Waals surface area contributed by atoms with Gasteiger partial charge >= 0.3 is 0 Å². The van der Waals surface area contributed by atoms with Crippen molar-refractivity contribution in [3.8, 4) is 0 Å². The Labute approximate surface area is 114 Å². The molecule has 1 aromatic rings. The van der Waals surface area contributed by atoms with Crippen molar-refractivity contribution in [2.24, 2.45) is 5.92 Å². The molecule has 1 aromatic heterocycles. The second-order valence-corrected chi connectivity index (χ2v) is 5.57. The first-order valence-electron chi connectivity index (χ1n) is 7.19. The zero-order chi connectivity index (χ0) is 13.7. The van der Waals surface area contributed by atoms with E-state index in [2.05, 4.69) is 29.2 Å². The molecule has 1 aliphatic rings. The third-order valence-corrected chi connectivity index (χ3v) is 3.38. The van der Waals surface area contributed by atoms with Crippen LogP contribution in [0.4, 0.5) is 5.69 Å². The van der Waals surface area contributed by atoms with Crippen LogP contribution in [0.25, 0.3) is 0 Å². The van der Waals surface area contributed by atoms with Crippen molar-refractivity contribution < 1.29 is 0 Å². The van der Waals surface area contributed by atoms with E-state index >= 15 is 0 Å². The number of aromatic nitrogens is 2. The molecule has 1 aliphatic heterocycles. The fourth-order valence-corrected chi connectivity index (χ4v) is 2.32. The van der Waals surface area contributed by atoms with Crippen molar-refractivity contribution in [3.63, 3.8) is 0 Å². The first kappa shape index (κ1) is 14.1. The van der Waals surface area contributed by atoms with E-state index in [1.165, 1.54) is 17.5 Å². The standard InChI is InChI=1S/C14H24N4O/c1-12(2)10-15-5-8-18-14(19)9-13(11-16-18)17-6-3-4-7-17/h9,11-12,15H,3-8,10H2,1-2H3. The molecule has 0 unspecified atom stereocenters. The van der Waals surface area contributed by atoms with E-state index in [1.54, 1.807) is 6.07 Å². The van der Waals surface area contributed by atoms with Crippen molar-refractivity contribution in [1.82, 2.24) is 15.1 Å². The summed E-state index contributed by atoms with van der Waals surface area (Å²) in [6, 6.07) is 1.71. The maximum absolute atomic E-state index is 12.0. The van der Waals surface area contributed by atoms with Crippen LogP contribution in [0.3, 0.4) is 0 Å². The van der Waals surface area contributed by atoms with Crippen LogP contribution in [0.5, 0.6) is 0 Å². The quantitative estimate of drug-likeness (QED) is 0.781. The molecule has 0 atom stereocenters. The highest BCUT2D eigenvalue weighted by molar-refractivity contribution is 5.43. The highest BCUT2D eigenvalue weighted by Gasteiger charge is 2.13. The van der Waals surface area contributed by atoms with Gasteiger partial charge in [0.05, 0.1) is 18.4 Å². The lowest BCUT2D eigenvalue weighted by molar-refractivity contribution is 0.494. The smallest absolute Gasteiger partial charge is 0.268 e. The Morgan fingerprint density at radius 2 is 2.11 bits per heavy atom.